The maximum Gasteiger partial charge on any atom is 0.233 e. The summed E-state index contributed by atoms with van der Waals surface area (Å²) in [6.07, 6.45) is 2.83. The van der Waals surface area contributed by atoms with Gasteiger partial charge in [0.25, 0.3) is 0 Å². The molecule has 0 aliphatic rings. The summed E-state index contributed by atoms with van der Waals surface area (Å²) in [5.41, 5.74) is 0.572. The van der Waals surface area contributed by atoms with Crippen LogP contribution in [-0.4, -0.2) is 40.0 Å². The van der Waals surface area contributed by atoms with E-state index in [9.17, 15) is 0 Å². The number of aromatic nitrogens is 4. The van der Waals surface area contributed by atoms with Crippen molar-refractivity contribution in [3.05, 3.63) is 18.0 Å². The lowest BCUT2D eigenvalue weighted by atomic mass is 10.2. The molecule has 0 saturated carbocycles. The SMILES string of the molecule is CCCNC(C)CCc1nc(-c2ccc(OC)nn2)no1. The van der Waals surface area contributed by atoms with Gasteiger partial charge in [-0.05, 0) is 32.4 Å². The highest BCUT2D eigenvalue weighted by Gasteiger charge is 2.11. The second kappa shape index (κ2) is 7.68. The Bertz CT molecular complexity index is 541. The van der Waals surface area contributed by atoms with Crippen LogP contribution in [0.15, 0.2) is 16.7 Å². The number of nitrogens with one attached hydrogen (secondary N) is 1. The van der Waals surface area contributed by atoms with Gasteiger partial charge in [0, 0.05) is 18.5 Å². The van der Waals surface area contributed by atoms with Crippen LogP contribution in [0.2, 0.25) is 0 Å². The molecule has 1 N–H and O–H groups in total. The summed E-state index contributed by atoms with van der Waals surface area (Å²) in [6.45, 7) is 5.33. The Morgan fingerprint density at radius 3 is 2.86 bits per heavy atom. The first kappa shape index (κ1) is 15.4. The molecule has 114 valence electrons. The van der Waals surface area contributed by atoms with E-state index in [4.69, 9.17) is 9.26 Å². The normalized spacial score (nSPS) is 12.3. The Kier molecular flexibility index (Phi) is 5.62. The summed E-state index contributed by atoms with van der Waals surface area (Å²) in [5.74, 6) is 1.53. The predicted molar refractivity (Wildman–Crippen MR) is 78.0 cm³/mol. The first-order chi connectivity index (χ1) is 10.2. The molecule has 2 aromatic rings. The fraction of sp³-hybridized carbons (Fsp3) is 0.571. The summed E-state index contributed by atoms with van der Waals surface area (Å²) >= 11 is 0. The fourth-order valence-corrected chi connectivity index (χ4v) is 1.84. The predicted octanol–water partition coefficient (Wildman–Crippen LogP) is 1.86. The molecule has 2 rings (SSSR count). The lowest BCUT2D eigenvalue weighted by Gasteiger charge is -2.10. The van der Waals surface area contributed by atoms with E-state index in [2.05, 4.69) is 39.5 Å². The number of hydrogen-bond acceptors (Lipinski definition) is 7. The number of aryl methyl sites for hydroxylation is 1. The molecule has 0 radical (unpaired) electrons. The highest BCUT2D eigenvalue weighted by molar-refractivity contribution is 5.47. The monoisotopic (exact) mass is 291 g/mol. The molecule has 0 aliphatic heterocycles. The third kappa shape index (κ3) is 4.49. The average Bonchev–Trinajstić information content (AvgIpc) is 3.00. The van der Waals surface area contributed by atoms with E-state index in [1.165, 1.54) is 0 Å². The minimum Gasteiger partial charge on any atom is -0.480 e. The van der Waals surface area contributed by atoms with E-state index < -0.39 is 0 Å². The van der Waals surface area contributed by atoms with Gasteiger partial charge < -0.3 is 14.6 Å². The fourth-order valence-electron chi connectivity index (χ4n) is 1.84. The number of hydrogen-bond donors (Lipinski definition) is 1. The summed E-state index contributed by atoms with van der Waals surface area (Å²) in [6, 6.07) is 3.90. The Balaban J connectivity index is 1.91. The van der Waals surface area contributed by atoms with Crippen LogP contribution in [0.1, 0.15) is 32.6 Å². The Morgan fingerprint density at radius 2 is 2.19 bits per heavy atom. The van der Waals surface area contributed by atoms with E-state index in [1.807, 2.05) is 0 Å². The van der Waals surface area contributed by atoms with E-state index in [1.54, 1.807) is 19.2 Å². The number of methoxy groups -OCH3 is 1. The zero-order chi connectivity index (χ0) is 15.1. The van der Waals surface area contributed by atoms with E-state index >= 15 is 0 Å². The summed E-state index contributed by atoms with van der Waals surface area (Å²) in [5, 5.41) is 15.2. The lowest BCUT2D eigenvalue weighted by Crippen LogP contribution is -2.27. The number of ether oxygens (including phenoxy) is 1. The van der Waals surface area contributed by atoms with Crippen molar-refractivity contribution in [1.82, 2.24) is 25.7 Å². The number of nitrogens with zero attached hydrogens (tertiary/aromatic N) is 4. The highest BCUT2D eigenvalue weighted by Crippen LogP contribution is 2.15. The number of rotatable bonds is 8. The van der Waals surface area contributed by atoms with Crippen LogP contribution >= 0.6 is 0 Å². The van der Waals surface area contributed by atoms with Gasteiger partial charge in [-0.25, -0.2) is 0 Å². The first-order valence-corrected chi connectivity index (χ1v) is 7.17. The molecule has 1 unspecified atom stereocenters. The topological polar surface area (TPSA) is 86.0 Å². The van der Waals surface area contributed by atoms with Gasteiger partial charge in [-0.1, -0.05) is 12.1 Å². The second-order valence-corrected chi connectivity index (χ2v) is 4.87. The van der Waals surface area contributed by atoms with Gasteiger partial charge in [-0.3, -0.25) is 0 Å². The van der Waals surface area contributed by atoms with Crippen LogP contribution in [0.3, 0.4) is 0 Å². The van der Waals surface area contributed by atoms with Crippen molar-refractivity contribution >= 4 is 0 Å². The zero-order valence-corrected chi connectivity index (χ0v) is 12.7. The van der Waals surface area contributed by atoms with Crippen molar-refractivity contribution in [2.75, 3.05) is 13.7 Å². The van der Waals surface area contributed by atoms with Gasteiger partial charge >= 0.3 is 0 Å². The van der Waals surface area contributed by atoms with Crippen molar-refractivity contribution in [3.63, 3.8) is 0 Å². The minimum absolute atomic E-state index is 0.432. The van der Waals surface area contributed by atoms with Gasteiger partial charge in [0.15, 0.2) is 0 Å². The van der Waals surface area contributed by atoms with Gasteiger partial charge in [0.1, 0.15) is 5.69 Å². The molecule has 7 nitrogen and oxygen atoms in total. The van der Waals surface area contributed by atoms with Crippen molar-refractivity contribution in [1.29, 1.82) is 0 Å². The van der Waals surface area contributed by atoms with Gasteiger partial charge in [-0.2, -0.15) is 4.98 Å². The van der Waals surface area contributed by atoms with Crippen molar-refractivity contribution < 1.29 is 9.26 Å². The molecule has 7 heteroatoms. The van der Waals surface area contributed by atoms with Crippen LogP contribution < -0.4 is 10.1 Å². The third-order valence-electron chi connectivity index (χ3n) is 3.08. The molecule has 0 amide bonds. The molecular formula is C14H21N5O2. The van der Waals surface area contributed by atoms with Crippen molar-refractivity contribution in [3.8, 4) is 17.4 Å². The summed E-state index contributed by atoms with van der Waals surface area (Å²) in [4.78, 5) is 4.34. The molecule has 2 aromatic heterocycles. The maximum atomic E-state index is 5.24. The molecule has 0 spiro atoms. The van der Waals surface area contributed by atoms with Crippen LogP contribution in [0.25, 0.3) is 11.5 Å². The smallest absolute Gasteiger partial charge is 0.233 e. The minimum atomic E-state index is 0.432. The largest absolute Gasteiger partial charge is 0.480 e. The van der Waals surface area contributed by atoms with Crippen LogP contribution in [0.4, 0.5) is 0 Å². The van der Waals surface area contributed by atoms with E-state index in [0.29, 0.717) is 29.3 Å². The molecule has 0 fully saturated rings. The van der Waals surface area contributed by atoms with Gasteiger partial charge in [0.05, 0.1) is 7.11 Å². The molecule has 21 heavy (non-hydrogen) atoms. The first-order valence-electron chi connectivity index (χ1n) is 7.17. The van der Waals surface area contributed by atoms with E-state index in [-0.39, 0.29) is 0 Å². The second-order valence-electron chi connectivity index (χ2n) is 4.87. The van der Waals surface area contributed by atoms with Crippen LogP contribution in [-0.2, 0) is 6.42 Å². The highest BCUT2D eigenvalue weighted by atomic mass is 16.5. The Hall–Kier alpha value is -2.02. The molecule has 2 heterocycles. The lowest BCUT2D eigenvalue weighted by molar-refractivity contribution is 0.367. The third-order valence-corrected chi connectivity index (χ3v) is 3.08. The molecular weight excluding hydrogens is 270 g/mol. The Morgan fingerprint density at radius 1 is 1.33 bits per heavy atom. The van der Waals surface area contributed by atoms with E-state index in [0.717, 1.165) is 25.8 Å². The molecule has 0 aliphatic carbocycles. The van der Waals surface area contributed by atoms with Crippen molar-refractivity contribution in [2.24, 2.45) is 0 Å². The zero-order valence-electron chi connectivity index (χ0n) is 12.7. The summed E-state index contributed by atoms with van der Waals surface area (Å²) in [7, 11) is 1.55. The van der Waals surface area contributed by atoms with Crippen molar-refractivity contribution in [2.45, 2.75) is 39.2 Å². The average molecular weight is 291 g/mol. The summed E-state index contributed by atoms with van der Waals surface area (Å²) < 4.78 is 10.2. The van der Waals surface area contributed by atoms with Crippen LogP contribution in [0.5, 0.6) is 5.88 Å². The quantitative estimate of drug-likeness (QED) is 0.794. The van der Waals surface area contributed by atoms with Gasteiger partial charge in [0.2, 0.25) is 17.6 Å². The maximum absolute atomic E-state index is 5.24. The van der Waals surface area contributed by atoms with Crippen LogP contribution in [0, 0.1) is 0 Å². The molecule has 0 bridgehead atoms. The Labute approximate surface area is 124 Å². The molecule has 0 saturated heterocycles. The molecule has 0 aromatic carbocycles. The van der Waals surface area contributed by atoms with Gasteiger partial charge in [-0.15, -0.1) is 10.2 Å². The molecule has 1 atom stereocenters. The standard InChI is InChI=1S/C14H21N5O2/c1-4-9-15-10(2)5-7-12-16-14(19-21-12)11-6-8-13(20-3)18-17-11/h6,8,10,15H,4-5,7,9H2,1-3H3.